The molecule has 0 heterocycles. The van der Waals surface area contributed by atoms with E-state index in [0.29, 0.717) is 16.2 Å². The SMILES string of the molecule is C=CCNC(=S)N/C(=N\[N+](C)(C)C)c1ccccc1. The van der Waals surface area contributed by atoms with Crippen LogP contribution in [0.15, 0.2) is 48.1 Å². The standard InChI is InChI=1S/C14H20N4S/c1-5-11-15-14(19)16-13(17-18(2,3)4)12-9-7-6-8-10-12/h5-10H,1,11H2,2-4H3,(H-,15,16,17,19)/p+1. The number of quaternary nitrogens is 1. The zero-order valence-corrected chi connectivity index (χ0v) is 12.5. The first-order valence-electron chi connectivity index (χ1n) is 6.05. The Hall–Kier alpha value is -1.72. The van der Waals surface area contributed by atoms with E-state index in [9.17, 15) is 0 Å². The van der Waals surface area contributed by atoms with Gasteiger partial charge in [0.25, 0.3) is 0 Å². The quantitative estimate of drug-likeness (QED) is 0.220. The van der Waals surface area contributed by atoms with E-state index in [-0.39, 0.29) is 0 Å². The number of benzene rings is 1. The summed E-state index contributed by atoms with van der Waals surface area (Å²) in [5, 5.41) is 11.3. The van der Waals surface area contributed by atoms with Crippen molar-refractivity contribution in [1.82, 2.24) is 10.6 Å². The second-order valence-electron chi connectivity index (χ2n) is 4.88. The fourth-order valence-corrected chi connectivity index (χ4v) is 1.55. The number of amidine groups is 1. The maximum atomic E-state index is 5.23. The predicted octanol–water partition coefficient (Wildman–Crippen LogP) is 1.70. The summed E-state index contributed by atoms with van der Waals surface area (Å²) in [7, 11) is 5.97. The van der Waals surface area contributed by atoms with Gasteiger partial charge in [-0.2, -0.15) is 0 Å². The van der Waals surface area contributed by atoms with Crippen molar-refractivity contribution >= 4 is 23.2 Å². The molecule has 19 heavy (non-hydrogen) atoms. The molecule has 0 atom stereocenters. The van der Waals surface area contributed by atoms with E-state index in [1.54, 1.807) is 6.08 Å². The van der Waals surface area contributed by atoms with Crippen LogP contribution in [0.1, 0.15) is 5.56 Å². The summed E-state index contributed by atoms with van der Waals surface area (Å²) < 4.78 is 0.460. The first-order valence-corrected chi connectivity index (χ1v) is 6.46. The van der Waals surface area contributed by atoms with Crippen LogP contribution < -0.4 is 10.6 Å². The Labute approximate surface area is 120 Å². The van der Waals surface area contributed by atoms with Crippen molar-refractivity contribution in [3.8, 4) is 0 Å². The molecule has 0 bridgehead atoms. The molecule has 0 aliphatic heterocycles. The minimum Gasteiger partial charge on any atom is -0.359 e. The van der Waals surface area contributed by atoms with Crippen LogP contribution in [0.2, 0.25) is 0 Å². The van der Waals surface area contributed by atoms with E-state index >= 15 is 0 Å². The van der Waals surface area contributed by atoms with Crippen LogP contribution in [0.3, 0.4) is 0 Å². The second kappa shape index (κ2) is 7.01. The van der Waals surface area contributed by atoms with Gasteiger partial charge in [-0.05, 0) is 12.2 Å². The summed E-state index contributed by atoms with van der Waals surface area (Å²) in [4.78, 5) is 0. The van der Waals surface area contributed by atoms with Gasteiger partial charge in [-0.15, -0.1) is 6.58 Å². The molecule has 4 nitrogen and oxygen atoms in total. The molecule has 0 aliphatic rings. The van der Waals surface area contributed by atoms with Crippen LogP contribution in [-0.2, 0) is 0 Å². The Morgan fingerprint density at radius 1 is 1.32 bits per heavy atom. The van der Waals surface area contributed by atoms with Gasteiger partial charge in [-0.1, -0.05) is 41.5 Å². The fraction of sp³-hybridized carbons (Fsp3) is 0.286. The monoisotopic (exact) mass is 277 g/mol. The van der Waals surface area contributed by atoms with Gasteiger partial charge in [0, 0.05) is 12.1 Å². The maximum Gasteiger partial charge on any atom is 0.195 e. The summed E-state index contributed by atoms with van der Waals surface area (Å²) in [5.41, 5.74) is 0.998. The van der Waals surface area contributed by atoms with Crippen LogP contribution >= 0.6 is 12.2 Å². The number of hydrogen-bond acceptors (Lipinski definition) is 2. The Morgan fingerprint density at radius 3 is 2.47 bits per heavy atom. The third-order valence-corrected chi connectivity index (χ3v) is 2.33. The summed E-state index contributed by atoms with van der Waals surface area (Å²) in [6.07, 6.45) is 1.76. The number of hydrogen-bond donors (Lipinski definition) is 2. The molecule has 2 N–H and O–H groups in total. The van der Waals surface area contributed by atoms with Crippen LogP contribution in [-0.4, -0.2) is 43.2 Å². The Morgan fingerprint density at radius 2 is 1.95 bits per heavy atom. The number of thiocarbonyl (C=S) groups is 1. The first kappa shape index (κ1) is 15.3. The maximum absolute atomic E-state index is 5.23. The van der Waals surface area contributed by atoms with Crippen LogP contribution in [0, 0.1) is 0 Å². The van der Waals surface area contributed by atoms with Gasteiger partial charge in [-0.25, -0.2) is 4.59 Å². The molecule has 0 amide bonds. The minimum absolute atomic E-state index is 0.460. The topological polar surface area (TPSA) is 36.4 Å². The molecule has 1 aromatic rings. The largest absolute Gasteiger partial charge is 0.359 e. The lowest BCUT2D eigenvalue weighted by Crippen LogP contribution is -2.42. The van der Waals surface area contributed by atoms with Crippen LogP contribution in [0.25, 0.3) is 0 Å². The molecule has 1 aromatic carbocycles. The zero-order chi connectivity index (χ0) is 14.3. The van der Waals surface area contributed by atoms with E-state index in [1.165, 1.54) is 0 Å². The lowest BCUT2D eigenvalue weighted by Gasteiger charge is -2.19. The number of nitrogens with zero attached hydrogens (tertiary/aromatic N) is 2. The molecule has 0 saturated heterocycles. The predicted molar refractivity (Wildman–Crippen MR) is 84.9 cm³/mol. The van der Waals surface area contributed by atoms with Gasteiger partial charge in [0.15, 0.2) is 10.9 Å². The molecule has 0 aromatic heterocycles. The molecule has 102 valence electrons. The van der Waals surface area contributed by atoms with Crippen molar-refractivity contribution in [3.63, 3.8) is 0 Å². The third kappa shape index (κ3) is 6.13. The van der Waals surface area contributed by atoms with Crippen LogP contribution in [0.4, 0.5) is 0 Å². The molecule has 5 heteroatoms. The van der Waals surface area contributed by atoms with E-state index in [0.717, 1.165) is 11.4 Å². The van der Waals surface area contributed by atoms with Gasteiger partial charge in [0.1, 0.15) is 0 Å². The van der Waals surface area contributed by atoms with Crippen molar-refractivity contribution < 1.29 is 4.59 Å². The normalized spacial score (nSPS) is 11.8. The lowest BCUT2D eigenvalue weighted by atomic mass is 10.2. The van der Waals surface area contributed by atoms with Gasteiger partial charge in [0.2, 0.25) is 0 Å². The Balaban J connectivity index is 2.92. The van der Waals surface area contributed by atoms with E-state index in [4.69, 9.17) is 12.2 Å². The number of rotatable bonds is 4. The summed E-state index contributed by atoms with van der Waals surface area (Å²) in [6.45, 7) is 4.27. The molecular weight excluding hydrogens is 256 g/mol. The van der Waals surface area contributed by atoms with Gasteiger partial charge >= 0.3 is 0 Å². The zero-order valence-electron chi connectivity index (χ0n) is 11.7. The average molecular weight is 277 g/mol. The third-order valence-electron chi connectivity index (χ3n) is 2.09. The average Bonchev–Trinajstić information content (AvgIpc) is 2.35. The highest BCUT2D eigenvalue weighted by Gasteiger charge is 2.12. The van der Waals surface area contributed by atoms with E-state index in [2.05, 4.69) is 22.3 Å². The highest BCUT2D eigenvalue weighted by Crippen LogP contribution is 2.03. The van der Waals surface area contributed by atoms with Crippen LogP contribution in [0.5, 0.6) is 0 Å². The Bertz CT molecular complexity index is 460. The summed E-state index contributed by atoms with van der Waals surface area (Å²) >= 11 is 5.23. The van der Waals surface area contributed by atoms with Crippen molar-refractivity contribution in [3.05, 3.63) is 48.6 Å². The number of nitrogens with one attached hydrogen (secondary N) is 2. The highest BCUT2D eigenvalue weighted by atomic mass is 32.1. The molecule has 0 fully saturated rings. The molecule has 0 spiro atoms. The summed E-state index contributed by atoms with van der Waals surface area (Å²) in [6, 6.07) is 9.92. The molecular formula is C14H21N4S+. The van der Waals surface area contributed by atoms with E-state index < -0.39 is 0 Å². The molecule has 1 rings (SSSR count). The minimum atomic E-state index is 0.460. The van der Waals surface area contributed by atoms with Gasteiger partial charge < -0.3 is 10.6 Å². The van der Waals surface area contributed by atoms with Gasteiger partial charge in [0.05, 0.1) is 21.1 Å². The highest BCUT2D eigenvalue weighted by molar-refractivity contribution is 7.80. The Kier molecular flexibility index (Phi) is 5.66. The smallest absolute Gasteiger partial charge is 0.195 e. The van der Waals surface area contributed by atoms with Crippen molar-refractivity contribution in [2.45, 2.75) is 0 Å². The molecule has 0 saturated carbocycles. The lowest BCUT2D eigenvalue weighted by molar-refractivity contribution is -0.877. The van der Waals surface area contributed by atoms with Crippen molar-refractivity contribution in [1.29, 1.82) is 0 Å². The summed E-state index contributed by atoms with van der Waals surface area (Å²) in [5.74, 6) is 0.745. The first-order chi connectivity index (χ1) is 8.92. The van der Waals surface area contributed by atoms with Crippen molar-refractivity contribution in [2.75, 3.05) is 27.7 Å². The molecule has 0 unspecified atom stereocenters. The van der Waals surface area contributed by atoms with Gasteiger partial charge in [-0.3, -0.25) is 0 Å². The molecule has 0 radical (unpaired) electrons. The second-order valence-corrected chi connectivity index (χ2v) is 5.29. The fourth-order valence-electron chi connectivity index (χ4n) is 1.37. The molecule has 0 aliphatic carbocycles. The van der Waals surface area contributed by atoms with E-state index in [1.807, 2.05) is 51.5 Å². The van der Waals surface area contributed by atoms with Crippen molar-refractivity contribution in [2.24, 2.45) is 5.10 Å².